The van der Waals surface area contributed by atoms with Crippen LogP contribution in [0.5, 0.6) is 5.75 Å². The van der Waals surface area contributed by atoms with Gasteiger partial charge in [0.1, 0.15) is 12.4 Å². The molecule has 0 aromatic heterocycles. The molecule has 1 heterocycles. The SMILES string of the molecule is C=CCOc1ccc(NC(=S)NCCCN2CCCC[C@H]2CC)cc1. The molecular formula is C20H31N3OS. The van der Waals surface area contributed by atoms with E-state index in [1.807, 2.05) is 24.3 Å². The zero-order chi connectivity index (χ0) is 17.9. The van der Waals surface area contributed by atoms with E-state index in [1.165, 1.54) is 32.2 Å². The topological polar surface area (TPSA) is 36.5 Å². The van der Waals surface area contributed by atoms with Crippen LogP contribution >= 0.6 is 12.2 Å². The van der Waals surface area contributed by atoms with E-state index in [-0.39, 0.29) is 0 Å². The van der Waals surface area contributed by atoms with Crippen molar-refractivity contribution < 1.29 is 4.74 Å². The molecule has 1 atom stereocenters. The van der Waals surface area contributed by atoms with Crippen molar-refractivity contribution in [2.45, 2.75) is 45.1 Å². The monoisotopic (exact) mass is 361 g/mol. The second-order valence-electron chi connectivity index (χ2n) is 6.45. The quantitative estimate of drug-likeness (QED) is 0.392. The summed E-state index contributed by atoms with van der Waals surface area (Å²) in [6.07, 6.45) is 8.20. The van der Waals surface area contributed by atoms with Crippen molar-refractivity contribution in [1.82, 2.24) is 10.2 Å². The third-order valence-electron chi connectivity index (χ3n) is 4.61. The van der Waals surface area contributed by atoms with Crippen LogP contribution in [-0.2, 0) is 0 Å². The van der Waals surface area contributed by atoms with Crippen molar-refractivity contribution in [3.63, 3.8) is 0 Å². The lowest BCUT2D eigenvalue weighted by molar-refractivity contribution is 0.143. The molecule has 2 rings (SSSR count). The van der Waals surface area contributed by atoms with E-state index in [2.05, 4.69) is 29.0 Å². The molecule has 5 heteroatoms. The van der Waals surface area contributed by atoms with Crippen LogP contribution in [0.4, 0.5) is 5.69 Å². The maximum Gasteiger partial charge on any atom is 0.170 e. The molecular weight excluding hydrogens is 330 g/mol. The van der Waals surface area contributed by atoms with Crippen LogP contribution in [0.25, 0.3) is 0 Å². The minimum absolute atomic E-state index is 0.517. The third-order valence-corrected chi connectivity index (χ3v) is 4.85. The lowest BCUT2D eigenvalue weighted by Crippen LogP contribution is -2.40. The number of anilines is 1. The number of benzene rings is 1. The molecule has 25 heavy (non-hydrogen) atoms. The van der Waals surface area contributed by atoms with Gasteiger partial charge in [-0.1, -0.05) is 26.0 Å². The molecule has 0 aliphatic carbocycles. The zero-order valence-corrected chi connectivity index (χ0v) is 16.1. The van der Waals surface area contributed by atoms with Gasteiger partial charge in [-0.3, -0.25) is 0 Å². The molecule has 1 aliphatic rings. The molecule has 1 aromatic rings. The molecule has 0 radical (unpaired) electrons. The van der Waals surface area contributed by atoms with Crippen LogP contribution in [0.3, 0.4) is 0 Å². The van der Waals surface area contributed by atoms with Crippen LogP contribution in [0.15, 0.2) is 36.9 Å². The fraction of sp³-hybridized carbons (Fsp3) is 0.550. The first kappa shape index (κ1) is 19.7. The summed E-state index contributed by atoms with van der Waals surface area (Å²) < 4.78 is 5.47. The highest BCUT2D eigenvalue weighted by Gasteiger charge is 2.19. The molecule has 0 bridgehead atoms. The average molecular weight is 362 g/mol. The standard InChI is InChI=1S/C20H31N3OS/c1-3-16-24-19-11-9-17(10-12-19)22-20(25)21-13-7-15-23-14-6-5-8-18(23)4-2/h3,9-12,18H,1,4-8,13-16H2,2H3,(H2,21,22,25)/t18-/m1/s1. The summed E-state index contributed by atoms with van der Waals surface area (Å²) in [5.41, 5.74) is 0.963. The molecule has 138 valence electrons. The van der Waals surface area contributed by atoms with Gasteiger partial charge in [0, 0.05) is 24.8 Å². The van der Waals surface area contributed by atoms with Gasteiger partial charge in [-0.2, -0.15) is 0 Å². The Morgan fingerprint density at radius 2 is 2.16 bits per heavy atom. The summed E-state index contributed by atoms with van der Waals surface area (Å²) in [5.74, 6) is 0.830. The Balaban J connectivity index is 1.64. The summed E-state index contributed by atoms with van der Waals surface area (Å²) in [6, 6.07) is 8.56. The van der Waals surface area contributed by atoms with E-state index in [9.17, 15) is 0 Å². The van der Waals surface area contributed by atoms with Crippen molar-refractivity contribution in [3.05, 3.63) is 36.9 Å². The van der Waals surface area contributed by atoms with Crippen molar-refractivity contribution in [2.24, 2.45) is 0 Å². The fourth-order valence-electron chi connectivity index (χ4n) is 3.27. The number of thiocarbonyl (C=S) groups is 1. The molecule has 0 unspecified atom stereocenters. The van der Waals surface area contributed by atoms with Gasteiger partial charge in [-0.25, -0.2) is 0 Å². The second-order valence-corrected chi connectivity index (χ2v) is 6.86. The smallest absolute Gasteiger partial charge is 0.170 e. The van der Waals surface area contributed by atoms with E-state index in [1.54, 1.807) is 6.08 Å². The normalized spacial score (nSPS) is 17.7. The van der Waals surface area contributed by atoms with E-state index in [0.717, 1.165) is 37.0 Å². The lowest BCUT2D eigenvalue weighted by atomic mass is 10.00. The Morgan fingerprint density at radius 1 is 1.36 bits per heavy atom. The molecule has 2 N–H and O–H groups in total. The number of nitrogens with zero attached hydrogens (tertiary/aromatic N) is 1. The van der Waals surface area contributed by atoms with E-state index in [4.69, 9.17) is 17.0 Å². The lowest BCUT2D eigenvalue weighted by Gasteiger charge is -2.35. The van der Waals surface area contributed by atoms with Gasteiger partial charge in [-0.05, 0) is 68.7 Å². The number of ether oxygens (including phenoxy) is 1. The summed E-state index contributed by atoms with van der Waals surface area (Å²) >= 11 is 5.37. The largest absolute Gasteiger partial charge is 0.490 e. The highest BCUT2D eigenvalue weighted by molar-refractivity contribution is 7.80. The van der Waals surface area contributed by atoms with Crippen LogP contribution in [0.1, 0.15) is 39.0 Å². The number of nitrogens with one attached hydrogen (secondary N) is 2. The molecule has 1 aliphatic heterocycles. The average Bonchev–Trinajstić information content (AvgIpc) is 2.65. The summed E-state index contributed by atoms with van der Waals surface area (Å²) in [6.45, 7) is 9.77. The first-order chi connectivity index (χ1) is 12.2. The number of piperidine rings is 1. The predicted octanol–water partition coefficient (Wildman–Crippen LogP) is 4.19. The minimum Gasteiger partial charge on any atom is -0.490 e. The predicted molar refractivity (Wildman–Crippen MR) is 110 cm³/mol. The summed E-state index contributed by atoms with van der Waals surface area (Å²) in [5, 5.41) is 7.19. The van der Waals surface area contributed by atoms with Gasteiger partial charge in [0.05, 0.1) is 0 Å². The Labute approximate surface area is 157 Å². The van der Waals surface area contributed by atoms with E-state index >= 15 is 0 Å². The van der Waals surface area contributed by atoms with Gasteiger partial charge in [0.2, 0.25) is 0 Å². The Kier molecular flexibility index (Phi) is 8.77. The van der Waals surface area contributed by atoms with Gasteiger partial charge in [0.25, 0.3) is 0 Å². The highest BCUT2D eigenvalue weighted by atomic mass is 32.1. The number of hydrogen-bond donors (Lipinski definition) is 2. The molecule has 1 aromatic carbocycles. The van der Waals surface area contributed by atoms with Gasteiger partial charge in [-0.15, -0.1) is 0 Å². The van der Waals surface area contributed by atoms with Crippen molar-refractivity contribution >= 4 is 23.0 Å². The minimum atomic E-state index is 0.517. The maximum absolute atomic E-state index is 5.47. The maximum atomic E-state index is 5.47. The van der Waals surface area contributed by atoms with E-state index in [0.29, 0.717) is 11.7 Å². The molecule has 0 amide bonds. The number of likely N-dealkylation sites (tertiary alicyclic amines) is 1. The Bertz CT molecular complexity index is 532. The number of rotatable bonds is 9. The second kappa shape index (κ2) is 11.1. The van der Waals surface area contributed by atoms with Crippen LogP contribution in [-0.4, -0.2) is 42.3 Å². The third kappa shape index (κ3) is 7.04. The first-order valence-corrected chi connectivity index (χ1v) is 9.76. The Morgan fingerprint density at radius 3 is 2.88 bits per heavy atom. The first-order valence-electron chi connectivity index (χ1n) is 9.35. The molecule has 1 saturated heterocycles. The number of hydrogen-bond acceptors (Lipinski definition) is 3. The van der Waals surface area contributed by atoms with Crippen LogP contribution in [0.2, 0.25) is 0 Å². The van der Waals surface area contributed by atoms with Gasteiger partial charge < -0.3 is 20.3 Å². The molecule has 1 fully saturated rings. The zero-order valence-electron chi connectivity index (χ0n) is 15.3. The fourth-order valence-corrected chi connectivity index (χ4v) is 3.49. The molecule has 4 nitrogen and oxygen atoms in total. The van der Waals surface area contributed by atoms with Crippen molar-refractivity contribution in [3.8, 4) is 5.75 Å². The summed E-state index contributed by atoms with van der Waals surface area (Å²) in [7, 11) is 0. The van der Waals surface area contributed by atoms with Crippen molar-refractivity contribution in [2.75, 3.05) is 31.6 Å². The molecule has 0 spiro atoms. The van der Waals surface area contributed by atoms with Gasteiger partial charge >= 0.3 is 0 Å². The Hall–Kier alpha value is -1.59. The van der Waals surface area contributed by atoms with Crippen LogP contribution < -0.4 is 15.4 Å². The highest BCUT2D eigenvalue weighted by Crippen LogP contribution is 2.19. The summed E-state index contributed by atoms with van der Waals surface area (Å²) in [4.78, 5) is 2.64. The van der Waals surface area contributed by atoms with Crippen LogP contribution in [0, 0.1) is 0 Å². The molecule has 0 saturated carbocycles. The van der Waals surface area contributed by atoms with Gasteiger partial charge in [0.15, 0.2) is 5.11 Å². The van der Waals surface area contributed by atoms with E-state index < -0.39 is 0 Å². The van der Waals surface area contributed by atoms with Crippen molar-refractivity contribution in [1.29, 1.82) is 0 Å².